The van der Waals surface area contributed by atoms with Crippen LogP contribution in [-0.2, 0) is 6.54 Å². The number of hydrogen-bond donors (Lipinski definition) is 0. The van der Waals surface area contributed by atoms with Crippen LogP contribution in [0.25, 0.3) is 0 Å². The summed E-state index contributed by atoms with van der Waals surface area (Å²) < 4.78 is 45.7. The average molecular weight is 430 g/mol. The van der Waals surface area contributed by atoms with Crippen molar-refractivity contribution in [3.05, 3.63) is 59.7 Å². The zero-order valence-electron chi connectivity index (χ0n) is 15.9. The van der Waals surface area contributed by atoms with Gasteiger partial charge in [-0.25, -0.2) is 0 Å². The number of nitrogens with zero attached hydrogens (tertiary/aromatic N) is 1. The predicted octanol–water partition coefficient (Wildman–Crippen LogP) is 5.11. The fraction of sp³-hybridized carbons (Fsp3) is 0.381. The van der Waals surface area contributed by atoms with Gasteiger partial charge in [-0.2, -0.15) is 0 Å². The molecule has 0 aromatic heterocycles. The molecule has 0 amide bonds. The van der Waals surface area contributed by atoms with Crippen LogP contribution in [0.2, 0.25) is 0 Å². The van der Waals surface area contributed by atoms with E-state index in [-0.39, 0.29) is 29.9 Å². The van der Waals surface area contributed by atoms with Gasteiger partial charge in [0.05, 0.1) is 7.11 Å². The minimum absolute atomic E-state index is 0. The van der Waals surface area contributed by atoms with E-state index in [2.05, 4.69) is 9.64 Å². The molecular formula is C21H23ClF3NO3. The molecule has 1 aliphatic heterocycles. The maximum atomic E-state index is 12.6. The summed E-state index contributed by atoms with van der Waals surface area (Å²) in [5.41, 5.74) is 1.61. The van der Waals surface area contributed by atoms with Crippen LogP contribution < -0.4 is 9.47 Å². The summed E-state index contributed by atoms with van der Waals surface area (Å²) in [6, 6.07) is 13.1. The van der Waals surface area contributed by atoms with E-state index in [0.29, 0.717) is 5.56 Å². The second kappa shape index (κ2) is 9.98. The molecule has 0 bridgehead atoms. The third kappa shape index (κ3) is 6.65. The first-order chi connectivity index (χ1) is 13.3. The van der Waals surface area contributed by atoms with Crippen LogP contribution in [0.1, 0.15) is 28.8 Å². The molecule has 29 heavy (non-hydrogen) atoms. The summed E-state index contributed by atoms with van der Waals surface area (Å²) in [6.45, 7) is 2.42. The van der Waals surface area contributed by atoms with Crippen LogP contribution in [0.3, 0.4) is 0 Å². The lowest BCUT2D eigenvalue weighted by molar-refractivity contribution is -0.274. The zero-order valence-corrected chi connectivity index (χ0v) is 16.8. The van der Waals surface area contributed by atoms with Crippen LogP contribution in [-0.4, -0.2) is 37.2 Å². The van der Waals surface area contributed by atoms with E-state index in [1.54, 1.807) is 7.11 Å². The highest BCUT2D eigenvalue weighted by molar-refractivity contribution is 5.98. The molecule has 2 aromatic rings. The first-order valence-electron chi connectivity index (χ1n) is 9.09. The van der Waals surface area contributed by atoms with Gasteiger partial charge in [-0.15, -0.1) is 25.6 Å². The van der Waals surface area contributed by atoms with Crippen molar-refractivity contribution in [2.24, 2.45) is 5.92 Å². The molecule has 1 saturated heterocycles. The number of ketones is 1. The molecule has 0 radical (unpaired) electrons. The van der Waals surface area contributed by atoms with Gasteiger partial charge in [0, 0.05) is 18.0 Å². The summed E-state index contributed by atoms with van der Waals surface area (Å²) in [7, 11) is 1.63. The highest BCUT2D eigenvalue weighted by atomic mass is 35.5. The van der Waals surface area contributed by atoms with E-state index in [1.165, 1.54) is 29.8 Å². The third-order valence-electron chi connectivity index (χ3n) is 4.90. The lowest BCUT2D eigenvalue weighted by Gasteiger charge is -2.31. The molecule has 0 atom stereocenters. The molecule has 0 saturated carbocycles. The Balaban J connectivity index is 0.00000300. The number of carbonyl (C=O) groups excluding carboxylic acids is 1. The smallest absolute Gasteiger partial charge is 0.497 e. The summed E-state index contributed by atoms with van der Waals surface area (Å²) in [5.74, 6) is 0.363. The van der Waals surface area contributed by atoms with E-state index in [1.807, 2.05) is 24.3 Å². The fourth-order valence-corrected chi connectivity index (χ4v) is 3.40. The van der Waals surface area contributed by atoms with Gasteiger partial charge in [0.25, 0.3) is 0 Å². The van der Waals surface area contributed by atoms with Gasteiger partial charge in [-0.1, -0.05) is 12.1 Å². The molecule has 0 unspecified atom stereocenters. The van der Waals surface area contributed by atoms with Gasteiger partial charge >= 0.3 is 6.36 Å². The summed E-state index contributed by atoms with van der Waals surface area (Å²) in [4.78, 5) is 14.9. The second-order valence-electron chi connectivity index (χ2n) is 6.83. The van der Waals surface area contributed by atoms with Crippen molar-refractivity contribution < 1.29 is 27.4 Å². The quantitative estimate of drug-likeness (QED) is 0.598. The van der Waals surface area contributed by atoms with Crippen molar-refractivity contribution in [3.63, 3.8) is 0 Å². The van der Waals surface area contributed by atoms with Crippen molar-refractivity contribution in [2.45, 2.75) is 25.7 Å². The second-order valence-corrected chi connectivity index (χ2v) is 6.83. The van der Waals surface area contributed by atoms with E-state index in [4.69, 9.17) is 4.74 Å². The number of hydrogen-bond acceptors (Lipinski definition) is 4. The number of likely N-dealkylation sites (tertiary alicyclic amines) is 1. The summed E-state index contributed by atoms with van der Waals surface area (Å²) in [6.07, 6.45) is -3.27. The van der Waals surface area contributed by atoms with Gasteiger partial charge in [0.2, 0.25) is 0 Å². The van der Waals surface area contributed by atoms with Crippen LogP contribution >= 0.6 is 12.4 Å². The number of methoxy groups -OCH3 is 1. The molecule has 3 rings (SSSR count). The molecule has 0 spiro atoms. The van der Waals surface area contributed by atoms with Crippen molar-refractivity contribution in [1.82, 2.24) is 4.90 Å². The number of halogens is 4. The largest absolute Gasteiger partial charge is 0.573 e. The lowest BCUT2D eigenvalue weighted by Crippen LogP contribution is -2.35. The third-order valence-corrected chi connectivity index (χ3v) is 4.90. The van der Waals surface area contributed by atoms with Crippen molar-refractivity contribution in [1.29, 1.82) is 0 Å². The zero-order chi connectivity index (χ0) is 20.1. The van der Waals surface area contributed by atoms with E-state index in [0.717, 1.165) is 38.2 Å². The molecule has 2 aromatic carbocycles. The van der Waals surface area contributed by atoms with Gasteiger partial charge in [-0.05, 0) is 67.9 Å². The van der Waals surface area contributed by atoms with Crippen molar-refractivity contribution in [2.75, 3.05) is 20.2 Å². The predicted molar refractivity (Wildman–Crippen MR) is 106 cm³/mol. The van der Waals surface area contributed by atoms with Gasteiger partial charge in [0.15, 0.2) is 5.78 Å². The molecule has 0 aliphatic carbocycles. The van der Waals surface area contributed by atoms with E-state index >= 15 is 0 Å². The standard InChI is InChI=1S/C21H22F3NO3.ClH/c1-27-18-6-2-15(3-7-18)14-25-12-10-17(11-13-25)20(26)16-4-8-19(9-5-16)28-21(22,23)24;/h2-9,17H,10-14H2,1H3;1H. The Morgan fingerprint density at radius 1 is 1.00 bits per heavy atom. The Labute approximate surface area is 174 Å². The maximum absolute atomic E-state index is 12.6. The summed E-state index contributed by atoms with van der Waals surface area (Å²) >= 11 is 0. The Hall–Kier alpha value is -2.25. The van der Waals surface area contributed by atoms with Gasteiger partial charge in [0.1, 0.15) is 11.5 Å². The van der Waals surface area contributed by atoms with Crippen molar-refractivity contribution in [3.8, 4) is 11.5 Å². The van der Waals surface area contributed by atoms with E-state index < -0.39 is 6.36 Å². The monoisotopic (exact) mass is 429 g/mol. The number of Topliss-reactive ketones (excluding diaryl/α,β-unsaturated/α-hetero) is 1. The van der Waals surface area contributed by atoms with E-state index in [9.17, 15) is 18.0 Å². The highest BCUT2D eigenvalue weighted by Crippen LogP contribution is 2.26. The molecule has 1 aliphatic rings. The topological polar surface area (TPSA) is 38.8 Å². The number of carbonyl (C=O) groups is 1. The molecule has 8 heteroatoms. The van der Waals surface area contributed by atoms with Gasteiger partial charge in [-0.3, -0.25) is 9.69 Å². The lowest BCUT2D eigenvalue weighted by atomic mass is 9.88. The maximum Gasteiger partial charge on any atom is 0.573 e. The number of benzene rings is 2. The molecular weight excluding hydrogens is 407 g/mol. The molecule has 1 fully saturated rings. The SMILES string of the molecule is COc1ccc(CN2CCC(C(=O)c3ccc(OC(F)(F)F)cc3)CC2)cc1.Cl. The Bertz CT molecular complexity index is 786. The molecule has 1 heterocycles. The normalized spacial score (nSPS) is 15.4. The molecule has 4 nitrogen and oxygen atoms in total. The van der Waals surface area contributed by atoms with Gasteiger partial charge < -0.3 is 9.47 Å². The Morgan fingerprint density at radius 2 is 1.55 bits per heavy atom. The Morgan fingerprint density at radius 3 is 2.07 bits per heavy atom. The molecule has 0 N–H and O–H groups in total. The fourth-order valence-electron chi connectivity index (χ4n) is 3.40. The number of ether oxygens (including phenoxy) is 2. The van der Waals surface area contributed by atoms with Crippen molar-refractivity contribution >= 4 is 18.2 Å². The first-order valence-corrected chi connectivity index (χ1v) is 9.09. The number of alkyl halides is 3. The first kappa shape index (κ1) is 23.0. The average Bonchev–Trinajstić information content (AvgIpc) is 2.68. The highest BCUT2D eigenvalue weighted by Gasteiger charge is 2.31. The number of rotatable bonds is 6. The summed E-state index contributed by atoms with van der Waals surface area (Å²) in [5, 5.41) is 0. The minimum atomic E-state index is -4.73. The van der Waals surface area contributed by atoms with Crippen LogP contribution in [0.4, 0.5) is 13.2 Å². The number of piperidine rings is 1. The minimum Gasteiger partial charge on any atom is -0.497 e. The van der Waals surface area contributed by atoms with Crippen LogP contribution in [0.15, 0.2) is 48.5 Å². The molecule has 158 valence electrons. The Kier molecular flexibility index (Phi) is 7.93. The van der Waals surface area contributed by atoms with Crippen LogP contribution in [0, 0.1) is 5.92 Å². The van der Waals surface area contributed by atoms with Crippen LogP contribution in [0.5, 0.6) is 11.5 Å².